The SMILES string of the molecule is CCOC(=O)c1cnc(SC)nc1NC1CC(C)C1. The van der Waals surface area contributed by atoms with Crippen molar-refractivity contribution in [3.8, 4) is 0 Å². The summed E-state index contributed by atoms with van der Waals surface area (Å²) in [5.74, 6) is 0.963. The summed E-state index contributed by atoms with van der Waals surface area (Å²) in [4.78, 5) is 20.4. The summed E-state index contributed by atoms with van der Waals surface area (Å²) < 4.78 is 5.03. The molecule has 6 heteroatoms. The first-order valence-corrected chi connectivity index (χ1v) is 7.71. The lowest BCUT2D eigenvalue weighted by Gasteiger charge is -2.34. The molecule has 1 saturated carbocycles. The summed E-state index contributed by atoms with van der Waals surface area (Å²) in [5.41, 5.74) is 0.416. The first kappa shape index (κ1) is 14.1. The number of anilines is 1. The van der Waals surface area contributed by atoms with Crippen LogP contribution in [0.5, 0.6) is 0 Å². The van der Waals surface area contributed by atoms with E-state index < -0.39 is 0 Å². The molecule has 0 atom stereocenters. The summed E-state index contributed by atoms with van der Waals surface area (Å²) >= 11 is 1.46. The van der Waals surface area contributed by atoms with Gasteiger partial charge in [-0.15, -0.1) is 0 Å². The topological polar surface area (TPSA) is 64.1 Å². The summed E-state index contributed by atoms with van der Waals surface area (Å²) in [6.07, 6.45) is 5.68. The number of thioether (sulfide) groups is 1. The number of hydrogen-bond donors (Lipinski definition) is 1. The Morgan fingerprint density at radius 1 is 1.58 bits per heavy atom. The largest absolute Gasteiger partial charge is 0.462 e. The maximum absolute atomic E-state index is 11.9. The van der Waals surface area contributed by atoms with Crippen LogP contribution < -0.4 is 5.32 Å². The zero-order chi connectivity index (χ0) is 13.8. The Kier molecular flexibility index (Phi) is 4.63. The van der Waals surface area contributed by atoms with Gasteiger partial charge < -0.3 is 10.1 Å². The number of aromatic nitrogens is 2. The molecule has 0 unspecified atom stereocenters. The van der Waals surface area contributed by atoms with Crippen molar-refractivity contribution in [3.63, 3.8) is 0 Å². The second-order valence-electron chi connectivity index (χ2n) is 4.76. The third kappa shape index (κ3) is 3.37. The van der Waals surface area contributed by atoms with E-state index in [1.165, 1.54) is 11.8 Å². The van der Waals surface area contributed by atoms with Crippen LogP contribution in [0.1, 0.15) is 37.0 Å². The van der Waals surface area contributed by atoms with Crippen LogP contribution in [0.25, 0.3) is 0 Å². The van der Waals surface area contributed by atoms with Crippen molar-refractivity contribution in [2.24, 2.45) is 5.92 Å². The van der Waals surface area contributed by atoms with Crippen LogP contribution in [-0.2, 0) is 4.74 Å². The van der Waals surface area contributed by atoms with Crippen molar-refractivity contribution in [1.29, 1.82) is 0 Å². The summed E-state index contributed by atoms with van der Waals surface area (Å²) in [5, 5.41) is 3.98. The van der Waals surface area contributed by atoms with Gasteiger partial charge in [0.05, 0.1) is 6.61 Å². The summed E-state index contributed by atoms with van der Waals surface area (Å²) in [6, 6.07) is 0.396. The van der Waals surface area contributed by atoms with Crippen LogP contribution in [0.15, 0.2) is 11.4 Å². The molecule has 0 spiro atoms. The fraction of sp³-hybridized carbons (Fsp3) is 0.615. The van der Waals surface area contributed by atoms with Gasteiger partial charge in [0, 0.05) is 12.2 Å². The van der Waals surface area contributed by atoms with E-state index in [9.17, 15) is 4.79 Å². The standard InChI is InChI=1S/C13H19N3O2S/c1-4-18-12(17)10-7-14-13(19-3)16-11(10)15-9-5-8(2)6-9/h7-9H,4-6H2,1-3H3,(H,14,15,16). The smallest absolute Gasteiger partial charge is 0.343 e. The van der Waals surface area contributed by atoms with Crippen molar-refractivity contribution in [2.75, 3.05) is 18.2 Å². The lowest BCUT2D eigenvalue weighted by atomic mass is 9.82. The molecule has 104 valence electrons. The highest BCUT2D eigenvalue weighted by atomic mass is 32.2. The van der Waals surface area contributed by atoms with E-state index in [1.807, 2.05) is 6.26 Å². The van der Waals surface area contributed by atoms with Gasteiger partial charge in [-0.25, -0.2) is 14.8 Å². The van der Waals surface area contributed by atoms with Gasteiger partial charge in [0.15, 0.2) is 5.16 Å². The Morgan fingerprint density at radius 2 is 2.32 bits per heavy atom. The molecule has 0 aliphatic heterocycles. The van der Waals surface area contributed by atoms with E-state index in [2.05, 4.69) is 22.2 Å². The first-order chi connectivity index (χ1) is 9.13. The molecule has 19 heavy (non-hydrogen) atoms. The molecular weight excluding hydrogens is 262 g/mol. The van der Waals surface area contributed by atoms with Gasteiger partial charge in [0.25, 0.3) is 0 Å². The minimum atomic E-state index is -0.370. The fourth-order valence-corrected chi connectivity index (χ4v) is 2.49. The highest BCUT2D eigenvalue weighted by Crippen LogP contribution is 2.30. The molecule has 0 amide bonds. The normalized spacial score (nSPS) is 21.6. The second-order valence-corrected chi connectivity index (χ2v) is 5.53. The first-order valence-electron chi connectivity index (χ1n) is 6.48. The van der Waals surface area contributed by atoms with E-state index in [4.69, 9.17) is 4.74 Å². The maximum atomic E-state index is 11.9. The third-order valence-electron chi connectivity index (χ3n) is 3.16. The maximum Gasteiger partial charge on any atom is 0.343 e. The molecule has 1 N–H and O–H groups in total. The summed E-state index contributed by atoms with van der Waals surface area (Å²) in [7, 11) is 0. The molecule has 0 saturated heterocycles. The quantitative estimate of drug-likeness (QED) is 0.508. The number of carbonyl (C=O) groups is 1. The van der Waals surface area contributed by atoms with Gasteiger partial charge in [0.2, 0.25) is 0 Å². The molecular formula is C13H19N3O2S. The molecule has 5 nitrogen and oxygen atoms in total. The molecule has 1 fully saturated rings. The molecule has 1 aliphatic carbocycles. The number of ether oxygens (including phenoxy) is 1. The number of nitrogens with one attached hydrogen (secondary N) is 1. The highest BCUT2D eigenvalue weighted by molar-refractivity contribution is 7.98. The van der Waals surface area contributed by atoms with Crippen LogP contribution in [0.4, 0.5) is 5.82 Å². The Morgan fingerprint density at radius 3 is 2.89 bits per heavy atom. The number of hydrogen-bond acceptors (Lipinski definition) is 6. The van der Waals surface area contributed by atoms with Crippen molar-refractivity contribution in [2.45, 2.75) is 37.9 Å². The zero-order valence-electron chi connectivity index (χ0n) is 11.5. The molecule has 1 aliphatic rings. The van der Waals surface area contributed by atoms with E-state index >= 15 is 0 Å². The van der Waals surface area contributed by atoms with E-state index in [0.29, 0.717) is 29.2 Å². The molecule has 1 aromatic heterocycles. The molecule has 0 bridgehead atoms. The zero-order valence-corrected chi connectivity index (χ0v) is 12.3. The molecule has 1 heterocycles. The number of esters is 1. The number of carbonyl (C=O) groups excluding carboxylic acids is 1. The molecule has 2 rings (SSSR count). The Balaban J connectivity index is 2.18. The van der Waals surface area contributed by atoms with Gasteiger partial charge >= 0.3 is 5.97 Å². The monoisotopic (exact) mass is 281 g/mol. The van der Waals surface area contributed by atoms with Crippen molar-refractivity contribution < 1.29 is 9.53 Å². The van der Waals surface area contributed by atoms with E-state index in [1.54, 1.807) is 13.1 Å². The fourth-order valence-electron chi connectivity index (χ4n) is 2.15. The van der Waals surface area contributed by atoms with Gasteiger partial charge in [-0.3, -0.25) is 0 Å². The Labute approximate surface area is 117 Å². The van der Waals surface area contributed by atoms with E-state index in [-0.39, 0.29) is 5.97 Å². The predicted octanol–water partition coefficient (Wildman–Crippen LogP) is 2.59. The predicted molar refractivity (Wildman–Crippen MR) is 75.6 cm³/mol. The minimum Gasteiger partial charge on any atom is -0.462 e. The van der Waals surface area contributed by atoms with Gasteiger partial charge in [-0.1, -0.05) is 18.7 Å². The average molecular weight is 281 g/mol. The third-order valence-corrected chi connectivity index (χ3v) is 3.72. The van der Waals surface area contributed by atoms with Crippen LogP contribution >= 0.6 is 11.8 Å². The van der Waals surface area contributed by atoms with E-state index in [0.717, 1.165) is 18.8 Å². The number of rotatable bonds is 5. The summed E-state index contributed by atoms with van der Waals surface area (Å²) in [6.45, 7) is 4.36. The molecule has 1 aromatic rings. The molecule has 0 radical (unpaired) electrons. The van der Waals surface area contributed by atoms with Gasteiger partial charge in [0.1, 0.15) is 11.4 Å². The van der Waals surface area contributed by atoms with Crippen LogP contribution in [-0.4, -0.2) is 34.8 Å². The lowest BCUT2D eigenvalue weighted by Crippen LogP contribution is -2.34. The Hall–Kier alpha value is -1.30. The number of nitrogens with zero attached hydrogens (tertiary/aromatic N) is 2. The van der Waals surface area contributed by atoms with Crippen LogP contribution in [0.3, 0.4) is 0 Å². The van der Waals surface area contributed by atoms with Gasteiger partial charge in [-0.05, 0) is 31.9 Å². The van der Waals surface area contributed by atoms with Crippen molar-refractivity contribution >= 4 is 23.5 Å². The Bertz CT molecular complexity index is 461. The van der Waals surface area contributed by atoms with Gasteiger partial charge in [-0.2, -0.15) is 0 Å². The molecule has 0 aromatic carbocycles. The lowest BCUT2D eigenvalue weighted by molar-refractivity contribution is 0.0526. The van der Waals surface area contributed by atoms with Crippen LogP contribution in [0.2, 0.25) is 0 Å². The minimum absolute atomic E-state index is 0.350. The van der Waals surface area contributed by atoms with Crippen molar-refractivity contribution in [3.05, 3.63) is 11.8 Å². The van der Waals surface area contributed by atoms with Crippen LogP contribution in [0, 0.1) is 5.92 Å². The van der Waals surface area contributed by atoms with Crippen molar-refractivity contribution in [1.82, 2.24) is 9.97 Å². The second kappa shape index (κ2) is 6.23. The highest BCUT2D eigenvalue weighted by Gasteiger charge is 2.27. The average Bonchev–Trinajstić information content (AvgIpc) is 2.37.